The molecule has 0 aliphatic carbocycles. The number of benzene rings is 3. The molecular formula is C24H26N4O2. The van der Waals surface area contributed by atoms with Crippen molar-refractivity contribution in [2.75, 3.05) is 47.8 Å². The molecule has 0 atom stereocenters. The van der Waals surface area contributed by atoms with E-state index >= 15 is 0 Å². The summed E-state index contributed by atoms with van der Waals surface area (Å²) in [5, 5.41) is 0. The van der Waals surface area contributed by atoms with Gasteiger partial charge in [0.2, 0.25) is 0 Å². The van der Waals surface area contributed by atoms with Crippen LogP contribution in [0.1, 0.15) is 0 Å². The van der Waals surface area contributed by atoms with E-state index in [0.717, 1.165) is 11.4 Å². The molecule has 6 heteroatoms. The van der Waals surface area contributed by atoms with Crippen molar-refractivity contribution >= 4 is 34.8 Å². The Morgan fingerprint density at radius 1 is 0.467 bits per heavy atom. The van der Waals surface area contributed by atoms with Gasteiger partial charge >= 0.3 is 12.1 Å². The lowest BCUT2D eigenvalue weighted by atomic mass is 10.2. The first-order chi connectivity index (χ1) is 14.4. The van der Waals surface area contributed by atoms with Gasteiger partial charge in [0.15, 0.2) is 0 Å². The van der Waals surface area contributed by atoms with E-state index in [9.17, 15) is 9.59 Å². The number of anilines is 4. The molecule has 3 aromatic rings. The van der Waals surface area contributed by atoms with E-state index in [-0.39, 0.29) is 12.1 Å². The van der Waals surface area contributed by atoms with Crippen molar-refractivity contribution in [2.24, 2.45) is 0 Å². The summed E-state index contributed by atoms with van der Waals surface area (Å²) < 4.78 is 0. The van der Waals surface area contributed by atoms with Crippen molar-refractivity contribution in [3.63, 3.8) is 0 Å². The molecular weight excluding hydrogens is 376 g/mol. The van der Waals surface area contributed by atoms with Crippen LogP contribution >= 0.6 is 0 Å². The SMILES string of the molecule is CN(C(=O)N(C)c1cccc(N(C)C(=O)N(C)c2ccccc2)c1)c1ccccc1. The van der Waals surface area contributed by atoms with Crippen molar-refractivity contribution in [2.45, 2.75) is 0 Å². The molecule has 3 aromatic carbocycles. The summed E-state index contributed by atoms with van der Waals surface area (Å²) in [7, 11) is 6.92. The first-order valence-corrected chi connectivity index (χ1v) is 9.63. The maximum Gasteiger partial charge on any atom is 0.328 e. The van der Waals surface area contributed by atoms with Gasteiger partial charge in [-0.15, -0.1) is 0 Å². The number of carbonyl (C=O) groups excluding carboxylic acids is 2. The van der Waals surface area contributed by atoms with E-state index in [2.05, 4.69) is 0 Å². The fourth-order valence-corrected chi connectivity index (χ4v) is 3.11. The van der Waals surface area contributed by atoms with E-state index < -0.39 is 0 Å². The summed E-state index contributed by atoms with van der Waals surface area (Å²) in [5.74, 6) is 0. The zero-order valence-corrected chi connectivity index (χ0v) is 17.7. The molecule has 0 spiro atoms. The third-order valence-corrected chi connectivity index (χ3v) is 5.04. The van der Waals surface area contributed by atoms with Crippen LogP contribution in [0.3, 0.4) is 0 Å². The number of carbonyl (C=O) groups is 2. The maximum absolute atomic E-state index is 12.9. The quantitative estimate of drug-likeness (QED) is 0.612. The van der Waals surface area contributed by atoms with Crippen LogP contribution in [0.15, 0.2) is 84.9 Å². The Kier molecular flexibility index (Phi) is 6.37. The van der Waals surface area contributed by atoms with Crippen molar-refractivity contribution in [3.8, 4) is 0 Å². The zero-order valence-electron chi connectivity index (χ0n) is 17.7. The molecule has 6 nitrogen and oxygen atoms in total. The van der Waals surface area contributed by atoms with Gasteiger partial charge in [-0.05, 0) is 42.5 Å². The van der Waals surface area contributed by atoms with Crippen LogP contribution < -0.4 is 19.6 Å². The molecule has 0 bridgehead atoms. The minimum atomic E-state index is -0.172. The molecule has 0 fully saturated rings. The molecule has 0 unspecified atom stereocenters. The second-order valence-electron chi connectivity index (χ2n) is 6.99. The normalized spacial score (nSPS) is 10.3. The highest BCUT2D eigenvalue weighted by molar-refractivity contribution is 6.05. The van der Waals surface area contributed by atoms with Crippen LogP contribution in [-0.4, -0.2) is 40.3 Å². The monoisotopic (exact) mass is 402 g/mol. The number of rotatable bonds is 4. The van der Waals surface area contributed by atoms with Crippen LogP contribution in [-0.2, 0) is 0 Å². The van der Waals surface area contributed by atoms with Gasteiger partial charge in [0.1, 0.15) is 0 Å². The summed E-state index contributed by atoms with van der Waals surface area (Å²) in [6.07, 6.45) is 0. The van der Waals surface area contributed by atoms with E-state index in [0.29, 0.717) is 11.4 Å². The van der Waals surface area contributed by atoms with E-state index in [1.165, 1.54) is 0 Å². The number of nitrogens with zero attached hydrogens (tertiary/aromatic N) is 4. The average molecular weight is 402 g/mol. The summed E-state index contributed by atoms with van der Waals surface area (Å²) in [4.78, 5) is 32.1. The van der Waals surface area contributed by atoms with Crippen LogP contribution in [0.5, 0.6) is 0 Å². The molecule has 0 aromatic heterocycles. The number of urea groups is 2. The maximum atomic E-state index is 12.9. The van der Waals surface area contributed by atoms with Crippen LogP contribution in [0.4, 0.5) is 32.3 Å². The Labute approximate surface area is 177 Å². The van der Waals surface area contributed by atoms with Crippen molar-refractivity contribution in [1.82, 2.24) is 0 Å². The van der Waals surface area contributed by atoms with Crippen molar-refractivity contribution in [1.29, 1.82) is 0 Å². The van der Waals surface area contributed by atoms with Gasteiger partial charge in [-0.2, -0.15) is 0 Å². The molecule has 0 N–H and O–H groups in total. The topological polar surface area (TPSA) is 47.1 Å². The number of amides is 4. The van der Waals surface area contributed by atoms with Crippen molar-refractivity contribution in [3.05, 3.63) is 84.9 Å². The second-order valence-corrected chi connectivity index (χ2v) is 6.99. The van der Waals surface area contributed by atoms with E-state index in [4.69, 9.17) is 0 Å². The number of hydrogen-bond acceptors (Lipinski definition) is 2. The van der Waals surface area contributed by atoms with Gasteiger partial charge < -0.3 is 0 Å². The Morgan fingerprint density at radius 2 is 0.767 bits per heavy atom. The van der Waals surface area contributed by atoms with Crippen LogP contribution in [0, 0.1) is 0 Å². The lowest BCUT2D eigenvalue weighted by molar-refractivity contribution is 0.253. The van der Waals surface area contributed by atoms with Gasteiger partial charge in [-0.3, -0.25) is 19.6 Å². The number of para-hydroxylation sites is 2. The Hall–Kier alpha value is -3.80. The molecule has 0 saturated carbocycles. The average Bonchev–Trinajstić information content (AvgIpc) is 2.82. The minimum absolute atomic E-state index is 0.172. The summed E-state index contributed by atoms with van der Waals surface area (Å²) >= 11 is 0. The molecule has 0 saturated heterocycles. The molecule has 0 aliphatic heterocycles. The van der Waals surface area contributed by atoms with Crippen LogP contribution in [0.2, 0.25) is 0 Å². The van der Waals surface area contributed by atoms with E-state index in [1.54, 1.807) is 47.8 Å². The molecule has 0 heterocycles. The highest BCUT2D eigenvalue weighted by atomic mass is 16.2. The van der Waals surface area contributed by atoms with Gasteiger partial charge in [-0.1, -0.05) is 42.5 Å². The van der Waals surface area contributed by atoms with Gasteiger partial charge in [0.25, 0.3) is 0 Å². The second kappa shape index (κ2) is 9.13. The lowest BCUT2D eigenvalue weighted by Crippen LogP contribution is -2.40. The van der Waals surface area contributed by atoms with Gasteiger partial charge in [0, 0.05) is 50.9 Å². The molecule has 0 aliphatic rings. The third-order valence-electron chi connectivity index (χ3n) is 5.04. The Bertz CT molecular complexity index is 929. The highest BCUT2D eigenvalue weighted by Crippen LogP contribution is 2.24. The fraction of sp³-hybridized carbons (Fsp3) is 0.167. The highest BCUT2D eigenvalue weighted by Gasteiger charge is 2.20. The molecule has 3 rings (SSSR count). The van der Waals surface area contributed by atoms with Gasteiger partial charge in [0.05, 0.1) is 0 Å². The van der Waals surface area contributed by atoms with Crippen molar-refractivity contribution < 1.29 is 9.59 Å². The first-order valence-electron chi connectivity index (χ1n) is 9.63. The van der Waals surface area contributed by atoms with Gasteiger partial charge in [-0.25, -0.2) is 9.59 Å². The number of hydrogen-bond donors (Lipinski definition) is 0. The van der Waals surface area contributed by atoms with Crippen LogP contribution in [0.25, 0.3) is 0 Å². The molecule has 154 valence electrons. The van der Waals surface area contributed by atoms with E-state index in [1.807, 2.05) is 84.9 Å². The molecule has 4 amide bonds. The largest absolute Gasteiger partial charge is 0.328 e. The Morgan fingerprint density at radius 3 is 1.13 bits per heavy atom. The molecule has 0 radical (unpaired) electrons. The predicted octanol–water partition coefficient (Wildman–Crippen LogP) is 5.07. The predicted molar refractivity (Wildman–Crippen MR) is 124 cm³/mol. The summed E-state index contributed by atoms with van der Waals surface area (Å²) in [5.41, 5.74) is 3.01. The zero-order chi connectivity index (χ0) is 21.7. The fourth-order valence-electron chi connectivity index (χ4n) is 3.11. The third kappa shape index (κ3) is 4.43. The minimum Gasteiger partial charge on any atom is -0.297 e. The lowest BCUT2D eigenvalue weighted by Gasteiger charge is -2.28. The first kappa shape index (κ1) is 20.9. The molecule has 30 heavy (non-hydrogen) atoms. The Balaban J connectivity index is 1.78. The summed E-state index contributed by atoms with van der Waals surface area (Å²) in [6.45, 7) is 0. The standard InChI is InChI=1S/C24H26N4O2/c1-25(19-12-7-5-8-13-19)23(29)27(3)21-16-11-17-22(18-21)28(4)24(30)26(2)20-14-9-6-10-15-20/h5-18H,1-4H3. The summed E-state index contributed by atoms with van der Waals surface area (Å²) in [6, 6.07) is 25.9. The smallest absolute Gasteiger partial charge is 0.297 e.